The van der Waals surface area contributed by atoms with Crippen LogP contribution in [0.15, 0.2) is 41.2 Å². The smallest absolute Gasteiger partial charge is 0.216 e. The molecule has 2 aromatic rings. The van der Waals surface area contributed by atoms with Gasteiger partial charge in [-0.25, -0.2) is 18.1 Å². The number of hydrogen-bond donors (Lipinski definition) is 1. The maximum absolute atomic E-state index is 11.8. The standard InChI is InChI=1S/C11H12N2O2S2/c14-17(15,8-10-4-2-1-3-5-10)13-6-11-7-16-9-12-11/h1-5,7,9,13H,6,8H2. The maximum Gasteiger partial charge on any atom is 0.216 e. The number of hydrogen-bond acceptors (Lipinski definition) is 4. The zero-order valence-corrected chi connectivity index (χ0v) is 10.7. The minimum absolute atomic E-state index is 0.00201. The summed E-state index contributed by atoms with van der Waals surface area (Å²) in [5, 5.41) is 1.82. The van der Waals surface area contributed by atoms with Gasteiger partial charge in [0.15, 0.2) is 0 Å². The lowest BCUT2D eigenvalue weighted by molar-refractivity contribution is 0.579. The van der Waals surface area contributed by atoms with E-state index < -0.39 is 10.0 Å². The molecular formula is C11H12N2O2S2. The van der Waals surface area contributed by atoms with E-state index in [1.807, 2.05) is 23.6 Å². The van der Waals surface area contributed by atoms with E-state index in [1.54, 1.807) is 17.6 Å². The Bertz CT molecular complexity index is 550. The number of thiazole rings is 1. The molecule has 0 saturated heterocycles. The van der Waals surface area contributed by atoms with Crippen LogP contribution in [0, 0.1) is 0 Å². The quantitative estimate of drug-likeness (QED) is 0.899. The third kappa shape index (κ3) is 3.92. The van der Waals surface area contributed by atoms with Gasteiger partial charge in [0.1, 0.15) is 0 Å². The van der Waals surface area contributed by atoms with Gasteiger partial charge >= 0.3 is 0 Å². The molecule has 0 saturated carbocycles. The Balaban J connectivity index is 1.96. The normalized spacial score (nSPS) is 11.5. The number of rotatable bonds is 5. The summed E-state index contributed by atoms with van der Waals surface area (Å²) < 4.78 is 26.0. The molecule has 2 rings (SSSR count). The van der Waals surface area contributed by atoms with Gasteiger partial charge in [-0.3, -0.25) is 0 Å². The van der Waals surface area contributed by atoms with Gasteiger partial charge in [0.05, 0.1) is 23.5 Å². The third-order valence-corrected chi connectivity index (χ3v) is 4.09. The lowest BCUT2D eigenvalue weighted by atomic mass is 10.2. The number of nitrogens with zero attached hydrogens (tertiary/aromatic N) is 1. The van der Waals surface area contributed by atoms with E-state index in [0.717, 1.165) is 11.3 Å². The van der Waals surface area contributed by atoms with E-state index in [0.29, 0.717) is 0 Å². The Hall–Kier alpha value is -1.24. The second-order valence-electron chi connectivity index (χ2n) is 3.55. The summed E-state index contributed by atoms with van der Waals surface area (Å²) in [5.74, 6) is -0.00201. The molecule has 0 bridgehead atoms. The number of sulfonamides is 1. The molecule has 6 heteroatoms. The summed E-state index contributed by atoms with van der Waals surface area (Å²) in [4.78, 5) is 4.02. The van der Waals surface area contributed by atoms with Gasteiger partial charge in [0.2, 0.25) is 10.0 Å². The molecular weight excluding hydrogens is 256 g/mol. The Kier molecular flexibility index (Phi) is 3.88. The second kappa shape index (κ2) is 5.39. The molecule has 0 amide bonds. The molecule has 0 aliphatic rings. The van der Waals surface area contributed by atoms with Crippen LogP contribution in [-0.4, -0.2) is 13.4 Å². The first-order valence-electron chi connectivity index (χ1n) is 5.04. The van der Waals surface area contributed by atoms with Gasteiger partial charge in [-0.15, -0.1) is 11.3 Å². The minimum Gasteiger partial charge on any atom is -0.248 e. The molecule has 17 heavy (non-hydrogen) atoms. The summed E-state index contributed by atoms with van der Waals surface area (Å²) in [5.41, 5.74) is 3.20. The molecule has 0 spiro atoms. The number of nitrogens with one attached hydrogen (secondary N) is 1. The maximum atomic E-state index is 11.8. The lowest BCUT2D eigenvalue weighted by Crippen LogP contribution is -2.24. The van der Waals surface area contributed by atoms with E-state index in [2.05, 4.69) is 9.71 Å². The fraction of sp³-hybridized carbons (Fsp3) is 0.182. The van der Waals surface area contributed by atoms with E-state index in [-0.39, 0.29) is 12.3 Å². The second-order valence-corrected chi connectivity index (χ2v) is 6.07. The lowest BCUT2D eigenvalue weighted by Gasteiger charge is -2.05. The zero-order chi connectivity index (χ0) is 12.1. The first-order valence-corrected chi connectivity index (χ1v) is 7.63. The molecule has 1 heterocycles. The molecule has 0 atom stereocenters. The van der Waals surface area contributed by atoms with Crippen LogP contribution in [0.5, 0.6) is 0 Å². The van der Waals surface area contributed by atoms with Crippen molar-refractivity contribution in [1.29, 1.82) is 0 Å². The van der Waals surface area contributed by atoms with Crippen LogP contribution in [0.3, 0.4) is 0 Å². The molecule has 0 radical (unpaired) electrons. The van der Waals surface area contributed by atoms with Crippen LogP contribution < -0.4 is 4.72 Å². The van der Waals surface area contributed by atoms with Gasteiger partial charge in [-0.05, 0) is 5.56 Å². The van der Waals surface area contributed by atoms with Crippen LogP contribution in [-0.2, 0) is 22.3 Å². The van der Waals surface area contributed by atoms with Gasteiger partial charge in [-0.1, -0.05) is 30.3 Å². The van der Waals surface area contributed by atoms with Crippen molar-refractivity contribution in [3.63, 3.8) is 0 Å². The van der Waals surface area contributed by atoms with Gasteiger partial charge in [0, 0.05) is 5.38 Å². The fourth-order valence-corrected chi connectivity index (χ4v) is 3.01. The highest BCUT2D eigenvalue weighted by Gasteiger charge is 2.11. The predicted molar refractivity (Wildman–Crippen MR) is 68.0 cm³/mol. The molecule has 1 aromatic carbocycles. The van der Waals surface area contributed by atoms with Crippen LogP contribution in [0.4, 0.5) is 0 Å². The highest BCUT2D eigenvalue weighted by molar-refractivity contribution is 7.88. The largest absolute Gasteiger partial charge is 0.248 e. The fourth-order valence-electron chi connectivity index (χ4n) is 1.35. The SMILES string of the molecule is O=S(=O)(Cc1ccccc1)NCc1cscn1. The highest BCUT2D eigenvalue weighted by atomic mass is 32.2. The Morgan fingerprint density at radius 3 is 2.65 bits per heavy atom. The van der Waals surface area contributed by atoms with Crippen molar-refractivity contribution in [1.82, 2.24) is 9.71 Å². The summed E-state index contributed by atoms with van der Waals surface area (Å²) in [6.07, 6.45) is 0. The van der Waals surface area contributed by atoms with E-state index >= 15 is 0 Å². The molecule has 0 unspecified atom stereocenters. The van der Waals surface area contributed by atoms with Gasteiger partial charge in [0.25, 0.3) is 0 Å². The van der Waals surface area contributed by atoms with Crippen molar-refractivity contribution in [2.24, 2.45) is 0 Å². The van der Waals surface area contributed by atoms with Crippen molar-refractivity contribution < 1.29 is 8.42 Å². The van der Waals surface area contributed by atoms with Crippen LogP contribution in [0.1, 0.15) is 11.3 Å². The monoisotopic (exact) mass is 268 g/mol. The first kappa shape index (κ1) is 12.2. The number of benzene rings is 1. The van der Waals surface area contributed by atoms with Crippen molar-refractivity contribution in [2.75, 3.05) is 0 Å². The summed E-state index contributed by atoms with van der Waals surface area (Å²) in [7, 11) is -3.30. The highest BCUT2D eigenvalue weighted by Crippen LogP contribution is 2.06. The predicted octanol–water partition coefficient (Wildman–Crippen LogP) is 1.76. The molecule has 1 aromatic heterocycles. The van der Waals surface area contributed by atoms with Crippen molar-refractivity contribution in [3.05, 3.63) is 52.5 Å². The molecule has 0 aliphatic carbocycles. The molecule has 1 N–H and O–H groups in total. The van der Waals surface area contributed by atoms with Gasteiger partial charge < -0.3 is 0 Å². The zero-order valence-electron chi connectivity index (χ0n) is 9.04. The Morgan fingerprint density at radius 2 is 2.00 bits per heavy atom. The Labute approximate surface area is 104 Å². The molecule has 0 aliphatic heterocycles. The molecule has 90 valence electrons. The minimum atomic E-state index is -3.30. The van der Waals surface area contributed by atoms with Crippen molar-refractivity contribution in [2.45, 2.75) is 12.3 Å². The summed E-state index contributed by atoms with van der Waals surface area (Å²) in [6.45, 7) is 0.249. The molecule has 0 fully saturated rings. The van der Waals surface area contributed by atoms with Crippen molar-refractivity contribution >= 4 is 21.4 Å². The van der Waals surface area contributed by atoms with Crippen LogP contribution >= 0.6 is 11.3 Å². The third-order valence-electron chi connectivity index (χ3n) is 2.16. The van der Waals surface area contributed by atoms with Crippen LogP contribution in [0.2, 0.25) is 0 Å². The summed E-state index contributed by atoms with van der Waals surface area (Å²) >= 11 is 1.45. The van der Waals surface area contributed by atoms with Gasteiger partial charge in [-0.2, -0.15) is 0 Å². The van der Waals surface area contributed by atoms with E-state index in [9.17, 15) is 8.42 Å². The summed E-state index contributed by atoms with van der Waals surface area (Å²) in [6, 6.07) is 9.10. The number of aromatic nitrogens is 1. The van der Waals surface area contributed by atoms with E-state index in [1.165, 1.54) is 11.3 Å². The average Bonchev–Trinajstić information content (AvgIpc) is 2.80. The topological polar surface area (TPSA) is 59.1 Å². The first-order chi connectivity index (χ1) is 8.16. The van der Waals surface area contributed by atoms with Crippen molar-refractivity contribution in [3.8, 4) is 0 Å². The molecule has 4 nitrogen and oxygen atoms in total. The van der Waals surface area contributed by atoms with Crippen LogP contribution in [0.25, 0.3) is 0 Å². The van der Waals surface area contributed by atoms with E-state index in [4.69, 9.17) is 0 Å². The Morgan fingerprint density at radius 1 is 1.24 bits per heavy atom. The average molecular weight is 268 g/mol.